The van der Waals surface area contributed by atoms with Crippen LogP contribution in [0.25, 0.3) is 0 Å². The maximum absolute atomic E-state index is 11.8. The molecule has 0 aliphatic heterocycles. The van der Waals surface area contributed by atoms with Gasteiger partial charge in [-0.2, -0.15) is 0 Å². The van der Waals surface area contributed by atoms with Gasteiger partial charge in [0.15, 0.2) is 6.61 Å². The van der Waals surface area contributed by atoms with Crippen LogP contribution >= 0.6 is 11.6 Å². The summed E-state index contributed by atoms with van der Waals surface area (Å²) in [5.74, 6) is 0.314. The van der Waals surface area contributed by atoms with E-state index in [2.05, 4.69) is 16.0 Å². The molecule has 0 aromatic heterocycles. The lowest BCUT2D eigenvalue weighted by Crippen LogP contribution is -2.45. The van der Waals surface area contributed by atoms with E-state index in [1.54, 1.807) is 24.3 Å². The van der Waals surface area contributed by atoms with E-state index in [4.69, 9.17) is 16.3 Å². The van der Waals surface area contributed by atoms with Crippen LogP contribution in [0.1, 0.15) is 19.8 Å². The summed E-state index contributed by atoms with van der Waals surface area (Å²) in [6, 6.07) is 6.79. The molecule has 0 fully saturated rings. The van der Waals surface area contributed by atoms with E-state index in [-0.39, 0.29) is 24.5 Å². The van der Waals surface area contributed by atoms with Crippen LogP contribution < -0.4 is 20.7 Å². The van der Waals surface area contributed by atoms with Gasteiger partial charge in [-0.3, -0.25) is 9.59 Å². The van der Waals surface area contributed by atoms with Gasteiger partial charge in [0.1, 0.15) is 5.75 Å². The van der Waals surface area contributed by atoms with Gasteiger partial charge in [-0.1, -0.05) is 18.5 Å². The van der Waals surface area contributed by atoms with Crippen LogP contribution in [0.4, 0.5) is 0 Å². The Labute approximate surface area is 146 Å². The van der Waals surface area contributed by atoms with Crippen LogP contribution in [0.2, 0.25) is 5.02 Å². The van der Waals surface area contributed by atoms with Crippen LogP contribution in [-0.4, -0.2) is 37.6 Å². The number of rotatable bonds is 9. The van der Waals surface area contributed by atoms with Crippen molar-refractivity contribution in [3.05, 3.63) is 41.1 Å². The first kappa shape index (κ1) is 18.3. The number of ether oxygens (including phenoxy) is 1. The first-order valence-electron chi connectivity index (χ1n) is 7.96. The minimum Gasteiger partial charge on any atom is -0.484 e. The fourth-order valence-electron chi connectivity index (χ4n) is 2.16. The second-order valence-electron chi connectivity index (χ2n) is 5.54. The third-order valence-corrected chi connectivity index (χ3v) is 3.64. The summed E-state index contributed by atoms with van der Waals surface area (Å²) in [5.41, 5.74) is 0.798. The highest BCUT2D eigenvalue weighted by Gasteiger charge is 2.22. The van der Waals surface area contributed by atoms with E-state index < -0.39 is 0 Å². The van der Waals surface area contributed by atoms with E-state index in [0.717, 1.165) is 18.7 Å². The van der Waals surface area contributed by atoms with Gasteiger partial charge in [-0.15, -0.1) is 0 Å². The molecule has 1 aromatic carbocycles. The molecular formula is C17H22ClN3O3. The fourth-order valence-corrected chi connectivity index (χ4v) is 2.29. The Balaban J connectivity index is 1.63. The van der Waals surface area contributed by atoms with Gasteiger partial charge in [-0.25, -0.2) is 0 Å². The Morgan fingerprint density at radius 2 is 1.96 bits per heavy atom. The number of carbonyl (C=O) groups is 2. The minimum atomic E-state index is -0.231. The standard InChI is InChI=1S/C17H22ClN3O3/c1-2-7-19-10-16(22)20-13-8-14(9-13)21-17(23)11-24-15-5-3-12(18)4-6-15/h3-6,8,13,19H,2,7,9-11H2,1H3,(H,20,22)(H,21,23). The van der Waals surface area contributed by atoms with Crippen molar-refractivity contribution < 1.29 is 14.3 Å². The van der Waals surface area contributed by atoms with Crippen molar-refractivity contribution in [3.63, 3.8) is 0 Å². The van der Waals surface area contributed by atoms with Gasteiger partial charge in [0.2, 0.25) is 5.91 Å². The summed E-state index contributed by atoms with van der Waals surface area (Å²) < 4.78 is 5.36. The molecule has 7 heteroatoms. The monoisotopic (exact) mass is 351 g/mol. The molecule has 1 unspecified atom stereocenters. The van der Waals surface area contributed by atoms with E-state index in [1.165, 1.54) is 0 Å². The number of hydrogen-bond donors (Lipinski definition) is 3. The number of benzene rings is 1. The minimum absolute atomic E-state index is 0.0200. The molecular weight excluding hydrogens is 330 g/mol. The number of hydrogen-bond acceptors (Lipinski definition) is 4. The Morgan fingerprint density at radius 3 is 2.62 bits per heavy atom. The summed E-state index contributed by atoms with van der Waals surface area (Å²) in [6.45, 7) is 3.11. The topological polar surface area (TPSA) is 79.5 Å². The number of carbonyl (C=O) groups excluding carboxylic acids is 2. The number of nitrogens with one attached hydrogen (secondary N) is 3. The van der Waals surface area contributed by atoms with Gasteiger partial charge in [-0.05, 0) is 43.3 Å². The van der Waals surface area contributed by atoms with Crippen molar-refractivity contribution >= 4 is 23.4 Å². The summed E-state index contributed by atoms with van der Waals surface area (Å²) in [7, 11) is 0. The summed E-state index contributed by atoms with van der Waals surface area (Å²) >= 11 is 5.78. The predicted molar refractivity (Wildman–Crippen MR) is 92.9 cm³/mol. The van der Waals surface area contributed by atoms with Gasteiger partial charge in [0.25, 0.3) is 5.91 Å². The highest BCUT2D eigenvalue weighted by molar-refractivity contribution is 6.30. The fraction of sp³-hybridized carbons (Fsp3) is 0.412. The van der Waals surface area contributed by atoms with Gasteiger partial charge in [0.05, 0.1) is 12.6 Å². The molecule has 1 aliphatic rings. The molecule has 1 atom stereocenters. The summed E-state index contributed by atoms with van der Waals surface area (Å²) in [5, 5.41) is 9.28. The number of halogens is 1. The van der Waals surface area contributed by atoms with Crippen LogP contribution in [0.15, 0.2) is 36.0 Å². The van der Waals surface area contributed by atoms with Crippen molar-refractivity contribution in [1.82, 2.24) is 16.0 Å². The Kier molecular flexibility index (Phi) is 7.08. The number of amides is 2. The largest absolute Gasteiger partial charge is 0.484 e. The average Bonchev–Trinajstić information content (AvgIpc) is 2.52. The lowest BCUT2D eigenvalue weighted by Gasteiger charge is -2.26. The van der Waals surface area contributed by atoms with E-state index in [9.17, 15) is 9.59 Å². The maximum atomic E-state index is 11.8. The van der Waals surface area contributed by atoms with E-state index in [0.29, 0.717) is 23.7 Å². The first-order valence-corrected chi connectivity index (χ1v) is 8.33. The molecule has 2 amide bonds. The van der Waals surface area contributed by atoms with E-state index >= 15 is 0 Å². The lowest BCUT2D eigenvalue weighted by atomic mass is 9.99. The summed E-state index contributed by atoms with van der Waals surface area (Å²) in [6.07, 6.45) is 3.44. The molecule has 0 radical (unpaired) electrons. The quantitative estimate of drug-likeness (QED) is 0.590. The van der Waals surface area contributed by atoms with Crippen molar-refractivity contribution in [2.75, 3.05) is 19.7 Å². The van der Waals surface area contributed by atoms with Crippen molar-refractivity contribution in [2.24, 2.45) is 0 Å². The molecule has 3 N–H and O–H groups in total. The average molecular weight is 352 g/mol. The Bertz CT molecular complexity index is 602. The third-order valence-electron chi connectivity index (χ3n) is 3.38. The van der Waals surface area contributed by atoms with Crippen molar-refractivity contribution in [3.8, 4) is 5.75 Å². The maximum Gasteiger partial charge on any atom is 0.262 e. The zero-order valence-electron chi connectivity index (χ0n) is 13.6. The molecule has 0 saturated heterocycles. The molecule has 130 valence electrons. The van der Waals surface area contributed by atoms with Gasteiger partial charge >= 0.3 is 0 Å². The molecule has 0 saturated carbocycles. The zero-order chi connectivity index (χ0) is 17.4. The first-order chi connectivity index (χ1) is 11.6. The molecule has 0 spiro atoms. The van der Waals surface area contributed by atoms with Crippen molar-refractivity contribution in [1.29, 1.82) is 0 Å². The van der Waals surface area contributed by atoms with Crippen LogP contribution in [0, 0.1) is 0 Å². The van der Waals surface area contributed by atoms with Crippen LogP contribution in [0.5, 0.6) is 5.75 Å². The highest BCUT2D eigenvalue weighted by atomic mass is 35.5. The predicted octanol–water partition coefficient (Wildman–Crippen LogP) is 1.61. The Morgan fingerprint density at radius 1 is 1.25 bits per heavy atom. The van der Waals surface area contributed by atoms with Crippen molar-refractivity contribution in [2.45, 2.75) is 25.8 Å². The second kappa shape index (κ2) is 9.30. The molecule has 6 nitrogen and oxygen atoms in total. The molecule has 24 heavy (non-hydrogen) atoms. The molecule has 1 aliphatic carbocycles. The van der Waals surface area contributed by atoms with Gasteiger partial charge < -0.3 is 20.7 Å². The smallest absolute Gasteiger partial charge is 0.262 e. The van der Waals surface area contributed by atoms with Gasteiger partial charge in [0, 0.05) is 17.1 Å². The molecule has 2 rings (SSSR count). The zero-order valence-corrected chi connectivity index (χ0v) is 14.4. The highest BCUT2D eigenvalue weighted by Crippen LogP contribution is 2.17. The Hall–Kier alpha value is -2.05. The molecule has 0 heterocycles. The lowest BCUT2D eigenvalue weighted by molar-refractivity contribution is -0.122. The third kappa shape index (κ3) is 6.22. The van der Waals surface area contributed by atoms with Crippen LogP contribution in [-0.2, 0) is 9.59 Å². The van der Waals surface area contributed by atoms with Crippen LogP contribution in [0.3, 0.4) is 0 Å². The molecule has 1 aromatic rings. The normalized spacial score (nSPS) is 15.9. The molecule has 0 bridgehead atoms. The van der Waals surface area contributed by atoms with E-state index in [1.807, 2.05) is 13.0 Å². The second-order valence-corrected chi connectivity index (χ2v) is 5.97. The summed E-state index contributed by atoms with van der Waals surface area (Å²) in [4.78, 5) is 23.4. The SMILES string of the molecule is CCCNCC(=O)NC1C=C(NC(=O)COc2ccc(Cl)cc2)C1.